The minimum Gasteiger partial charge on any atom is -0.344 e. The predicted molar refractivity (Wildman–Crippen MR) is 60.0 cm³/mol. The van der Waals surface area contributed by atoms with Gasteiger partial charge in [0, 0.05) is 24.4 Å². The first-order valence-electron chi connectivity index (χ1n) is 5.63. The van der Waals surface area contributed by atoms with E-state index in [9.17, 15) is 8.42 Å². The minimum atomic E-state index is -2.90. The number of aromatic nitrogens is 2. The van der Waals surface area contributed by atoms with Crippen molar-refractivity contribution in [2.75, 3.05) is 18.1 Å². The molecule has 1 saturated carbocycles. The second kappa shape index (κ2) is 3.56. The molecule has 1 aromatic heterocycles. The molecule has 1 atom stereocenters. The van der Waals surface area contributed by atoms with Crippen molar-refractivity contribution >= 4 is 9.84 Å². The number of H-pyrrole nitrogens is 1. The van der Waals surface area contributed by atoms with Crippen LogP contribution >= 0.6 is 0 Å². The number of sulfone groups is 1. The maximum absolute atomic E-state index is 11.5. The monoisotopic (exact) mass is 241 g/mol. The summed E-state index contributed by atoms with van der Waals surface area (Å²) in [4.78, 5) is 7.53. The summed E-state index contributed by atoms with van der Waals surface area (Å²) < 4.78 is 23.0. The highest BCUT2D eigenvalue weighted by molar-refractivity contribution is 7.91. The number of aromatic amines is 1. The average Bonchev–Trinajstić information content (AvgIpc) is 2.95. The lowest BCUT2D eigenvalue weighted by Crippen LogP contribution is -2.39. The number of rotatable bonds is 2. The molecule has 0 aromatic carbocycles. The van der Waals surface area contributed by atoms with Crippen LogP contribution in [-0.4, -0.2) is 36.4 Å². The van der Waals surface area contributed by atoms with Gasteiger partial charge in [-0.3, -0.25) is 0 Å². The lowest BCUT2D eigenvalue weighted by Gasteiger charge is -2.21. The zero-order chi connectivity index (χ0) is 11.2. The maximum Gasteiger partial charge on any atom is 0.153 e. The van der Waals surface area contributed by atoms with E-state index in [2.05, 4.69) is 15.3 Å². The van der Waals surface area contributed by atoms with Gasteiger partial charge in [-0.2, -0.15) is 0 Å². The third-order valence-electron chi connectivity index (χ3n) is 3.19. The van der Waals surface area contributed by atoms with Crippen LogP contribution in [0.1, 0.15) is 36.3 Å². The number of nitrogens with zero attached hydrogens (tertiary/aromatic N) is 1. The molecule has 88 valence electrons. The van der Waals surface area contributed by atoms with Gasteiger partial charge in [0.2, 0.25) is 0 Å². The topological polar surface area (TPSA) is 74.8 Å². The van der Waals surface area contributed by atoms with Crippen LogP contribution in [0.4, 0.5) is 0 Å². The van der Waals surface area contributed by atoms with Crippen molar-refractivity contribution in [3.8, 4) is 0 Å². The van der Waals surface area contributed by atoms with Gasteiger partial charge in [-0.05, 0) is 12.8 Å². The van der Waals surface area contributed by atoms with Crippen molar-refractivity contribution in [3.05, 3.63) is 17.7 Å². The summed E-state index contributed by atoms with van der Waals surface area (Å²) in [5.41, 5.74) is 1.15. The van der Waals surface area contributed by atoms with E-state index in [0.29, 0.717) is 12.5 Å². The molecule has 16 heavy (non-hydrogen) atoms. The van der Waals surface area contributed by atoms with Gasteiger partial charge >= 0.3 is 0 Å². The van der Waals surface area contributed by atoms with Gasteiger partial charge in [-0.15, -0.1) is 0 Å². The van der Waals surface area contributed by atoms with Crippen LogP contribution in [0.15, 0.2) is 6.20 Å². The minimum absolute atomic E-state index is 0.157. The molecule has 6 heteroatoms. The van der Waals surface area contributed by atoms with E-state index in [-0.39, 0.29) is 17.5 Å². The largest absolute Gasteiger partial charge is 0.344 e. The number of imidazole rings is 1. The zero-order valence-electron chi connectivity index (χ0n) is 8.94. The van der Waals surface area contributed by atoms with Gasteiger partial charge in [0.05, 0.1) is 17.5 Å². The summed E-state index contributed by atoms with van der Waals surface area (Å²) in [5, 5.41) is 3.19. The highest BCUT2D eigenvalue weighted by atomic mass is 32.2. The van der Waals surface area contributed by atoms with Crippen LogP contribution in [0, 0.1) is 0 Å². The van der Waals surface area contributed by atoms with E-state index >= 15 is 0 Å². The summed E-state index contributed by atoms with van der Waals surface area (Å²) in [6.45, 7) is 0.520. The van der Waals surface area contributed by atoms with E-state index in [0.717, 1.165) is 11.5 Å². The molecular formula is C10H15N3O2S. The van der Waals surface area contributed by atoms with E-state index in [1.807, 2.05) is 6.20 Å². The average molecular weight is 241 g/mol. The zero-order valence-corrected chi connectivity index (χ0v) is 9.76. The summed E-state index contributed by atoms with van der Waals surface area (Å²) in [6, 6.07) is -0.161. The van der Waals surface area contributed by atoms with Crippen LogP contribution in [0.5, 0.6) is 0 Å². The Labute approximate surface area is 94.6 Å². The molecule has 1 aliphatic heterocycles. The Morgan fingerprint density at radius 1 is 1.38 bits per heavy atom. The van der Waals surface area contributed by atoms with Crippen molar-refractivity contribution in [1.82, 2.24) is 15.3 Å². The summed E-state index contributed by atoms with van der Waals surface area (Å²) in [6.07, 6.45) is 4.28. The highest BCUT2D eigenvalue weighted by Crippen LogP contribution is 2.39. The molecular weight excluding hydrogens is 226 g/mol. The molecule has 2 N–H and O–H groups in total. The van der Waals surface area contributed by atoms with E-state index < -0.39 is 9.84 Å². The van der Waals surface area contributed by atoms with Gasteiger partial charge in [-0.25, -0.2) is 13.4 Å². The summed E-state index contributed by atoms with van der Waals surface area (Å²) in [5.74, 6) is 1.79. The van der Waals surface area contributed by atoms with Gasteiger partial charge in [0.25, 0.3) is 0 Å². The van der Waals surface area contributed by atoms with Crippen LogP contribution in [-0.2, 0) is 9.84 Å². The van der Waals surface area contributed by atoms with Crippen LogP contribution in [0.2, 0.25) is 0 Å². The Morgan fingerprint density at radius 3 is 2.88 bits per heavy atom. The Hall–Kier alpha value is -0.880. The molecule has 1 aliphatic carbocycles. The fraction of sp³-hybridized carbons (Fsp3) is 0.700. The molecule has 0 radical (unpaired) electrons. The van der Waals surface area contributed by atoms with Crippen molar-refractivity contribution in [1.29, 1.82) is 0 Å². The lowest BCUT2D eigenvalue weighted by atomic mass is 10.3. The van der Waals surface area contributed by atoms with E-state index in [1.54, 1.807) is 0 Å². The molecule has 0 bridgehead atoms. The smallest absolute Gasteiger partial charge is 0.153 e. The van der Waals surface area contributed by atoms with Crippen LogP contribution in [0.3, 0.4) is 0 Å². The Bertz CT molecular complexity index is 490. The fourth-order valence-electron chi connectivity index (χ4n) is 2.09. The summed E-state index contributed by atoms with van der Waals surface area (Å²) in [7, 11) is -2.90. The molecule has 2 heterocycles. The normalized spacial score (nSPS) is 29.1. The van der Waals surface area contributed by atoms with Crippen molar-refractivity contribution in [2.24, 2.45) is 0 Å². The van der Waals surface area contributed by atoms with Crippen LogP contribution < -0.4 is 5.32 Å². The lowest BCUT2D eigenvalue weighted by molar-refractivity contribution is 0.517. The van der Waals surface area contributed by atoms with Gasteiger partial charge in [0.1, 0.15) is 5.82 Å². The third-order valence-corrected chi connectivity index (χ3v) is 4.85. The Balaban J connectivity index is 1.80. The molecule has 5 nitrogen and oxygen atoms in total. The first kappa shape index (κ1) is 10.3. The third kappa shape index (κ3) is 1.99. The molecule has 2 fully saturated rings. The molecule has 0 spiro atoms. The molecule has 0 amide bonds. The summed E-state index contributed by atoms with van der Waals surface area (Å²) >= 11 is 0. The van der Waals surface area contributed by atoms with Crippen molar-refractivity contribution in [3.63, 3.8) is 0 Å². The first-order chi connectivity index (χ1) is 7.64. The highest BCUT2D eigenvalue weighted by Gasteiger charge is 2.30. The second-order valence-electron chi connectivity index (χ2n) is 4.62. The fourth-order valence-corrected chi connectivity index (χ4v) is 3.47. The van der Waals surface area contributed by atoms with Gasteiger partial charge < -0.3 is 10.3 Å². The number of hydrogen-bond donors (Lipinski definition) is 2. The quantitative estimate of drug-likeness (QED) is 0.783. The molecule has 2 aliphatic rings. The SMILES string of the molecule is O=S1(=O)CCNC(c2ncc(C3CC3)[nH]2)C1. The molecule has 1 aromatic rings. The van der Waals surface area contributed by atoms with Gasteiger partial charge in [0.15, 0.2) is 9.84 Å². The predicted octanol–water partition coefficient (Wildman–Crippen LogP) is 0.346. The van der Waals surface area contributed by atoms with Gasteiger partial charge in [-0.1, -0.05) is 0 Å². The maximum atomic E-state index is 11.5. The van der Waals surface area contributed by atoms with Crippen molar-refractivity contribution < 1.29 is 8.42 Å². The number of nitrogens with one attached hydrogen (secondary N) is 2. The second-order valence-corrected chi connectivity index (χ2v) is 6.85. The number of hydrogen-bond acceptors (Lipinski definition) is 4. The van der Waals surface area contributed by atoms with E-state index in [1.165, 1.54) is 12.8 Å². The molecule has 1 unspecified atom stereocenters. The standard InChI is InChI=1S/C10H15N3O2S/c14-16(15)4-3-11-9(6-16)10-12-5-8(13-10)7-1-2-7/h5,7,9,11H,1-4,6H2,(H,12,13). The first-order valence-corrected chi connectivity index (χ1v) is 7.45. The van der Waals surface area contributed by atoms with Crippen LogP contribution in [0.25, 0.3) is 0 Å². The Kier molecular flexibility index (Phi) is 2.29. The molecule has 3 rings (SSSR count). The van der Waals surface area contributed by atoms with Crippen molar-refractivity contribution in [2.45, 2.75) is 24.8 Å². The van der Waals surface area contributed by atoms with E-state index in [4.69, 9.17) is 0 Å². The Morgan fingerprint density at radius 2 is 2.19 bits per heavy atom. The molecule has 1 saturated heterocycles.